The van der Waals surface area contributed by atoms with E-state index in [0.717, 1.165) is 10.8 Å². The highest BCUT2D eigenvalue weighted by Gasteiger charge is 2.13. The SMILES string of the molecule is CC(C)Sc1nnc(NC(=O)CCc2ccc(C(C)(C)C)cc2)s1. The Morgan fingerprint density at radius 3 is 2.46 bits per heavy atom. The van der Waals surface area contributed by atoms with Gasteiger partial charge in [0.15, 0.2) is 4.34 Å². The molecule has 1 aromatic carbocycles. The number of benzene rings is 1. The van der Waals surface area contributed by atoms with Crippen LogP contribution in [0.1, 0.15) is 52.2 Å². The normalized spacial score (nSPS) is 11.8. The highest BCUT2D eigenvalue weighted by atomic mass is 32.2. The standard InChI is InChI=1S/C18H25N3OS2/c1-12(2)23-17-21-20-16(24-17)19-15(22)11-8-13-6-9-14(10-7-13)18(3,4)5/h6-7,9-10,12H,8,11H2,1-5H3,(H,19,20,22). The van der Waals surface area contributed by atoms with Crippen LogP contribution in [0.2, 0.25) is 0 Å². The Bertz CT molecular complexity index is 672. The summed E-state index contributed by atoms with van der Waals surface area (Å²) < 4.78 is 0.887. The molecule has 130 valence electrons. The van der Waals surface area contributed by atoms with Crippen LogP contribution in [0.4, 0.5) is 5.13 Å². The first kappa shape index (κ1) is 18.9. The van der Waals surface area contributed by atoms with E-state index >= 15 is 0 Å². The van der Waals surface area contributed by atoms with Crippen molar-refractivity contribution in [1.29, 1.82) is 0 Å². The van der Waals surface area contributed by atoms with Crippen molar-refractivity contribution < 1.29 is 4.79 Å². The molecule has 0 atom stereocenters. The van der Waals surface area contributed by atoms with E-state index in [1.165, 1.54) is 22.5 Å². The Kier molecular flexibility index (Phi) is 6.40. The molecule has 0 spiro atoms. The minimum atomic E-state index is -0.0212. The zero-order valence-electron chi connectivity index (χ0n) is 14.9. The van der Waals surface area contributed by atoms with Gasteiger partial charge in [-0.2, -0.15) is 0 Å². The van der Waals surface area contributed by atoms with E-state index in [1.807, 2.05) is 0 Å². The molecule has 0 fully saturated rings. The molecule has 0 aliphatic heterocycles. The molecule has 1 heterocycles. The minimum absolute atomic E-state index is 0.0212. The molecule has 1 amide bonds. The number of thioether (sulfide) groups is 1. The van der Waals surface area contributed by atoms with Crippen molar-refractivity contribution >= 4 is 34.1 Å². The van der Waals surface area contributed by atoms with Crippen molar-refractivity contribution in [3.63, 3.8) is 0 Å². The lowest BCUT2D eigenvalue weighted by atomic mass is 9.86. The fourth-order valence-corrected chi connectivity index (χ4v) is 4.11. The summed E-state index contributed by atoms with van der Waals surface area (Å²) in [6.45, 7) is 10.8. The predicted octanol–water partition coefficient (Wildman–Crippen LogP) is 4.91. The van der Waals surface area contributed by atoms with Crippen LogP contribution in [0.3, 0.4) is 0 Å². The highest BCUT2D eigenvalue weighted by Crippen LogP contribution is 2.28. The minimum Gasteiger partial charge on any atom is -0.300 e. The van der Waals surface area contributed by atoms with Gasteiger partial charge in [0.25, 0.3) is 0 Å². The molecule has 0 aliphatic rings. The zero-order valence-corrected chi connectivity index (χ0v) is 16.6. The molecule has 1 N–H and O–H groups in total. The van der Waals surface area contributed by atoms with E-state index in [-0.39, 0.29) is 11.3 Å². The molecule has 0 bridgehead atoms. The Hall–Kier alpha value is -1.40. The number of amides is 1. The number of nitrogens with one attached hydrogen (secondary N) is 1. The predicted molar refractivity (Wildman–Crippen MR) is 103 cm³/mol. The van der Waals surface area contributed by atoms with Crippen molar-refractivity contribution in [1.82, 2.24) is 10.2 Å². The average Bonchev–Trinajstić information content (AvgIpc) is 2.91. The van der Waals surface area contributed by atoms with Crippen molar-refractivity contribution in [2.75, 3.05) is 5.32 Å². The first-order valence-electron chi connectivity index (χ1n) is 8.13. The molecular formula is C18H25N3OS2. The topological polar surface area (TPSA) is 54.9 Å². The number of rotatable bonds is 6. The largest absolute Gasteiger partial charge is 0.300 e. The van der Waals surface area contributed by atoms with E-state index in [2.05, 4.69) is 74.4 Å². The van der Waals surface area contributed by atoms with Gasteiger partial charge < -0.3 is 5.32 Å². The van der Waals surface area contributed by atoms with E-state index < -0.39 is 0 Å². The second kappa shape index (κ2) is 8.12. The van der Waals surface area contributed by atoms with Crippen LogP contribution in [0.25, 0.3) is 0 Å². The Labute approximate surface area is 152 Å². The zero-order chi connectivity index (χ0) is 17.7. The quantitative estimate of drug-likeness (QED) is 0.585. The molecule has 1 aromatic heterocycles. The van der Waals surface area contributed by atoms with Gasteiger partial charge in [0, 0.05) is 11.7 Å². The number of carbonyl (C=O) groups is 1. The summed E-state index contributed by atoms with van der Waals surface area (Å²) in [6.07, 6.45) is 1.17. The van der Waals surface area contributed by atoms with Crippen LogP contribution < -0.4 is 5.32 Å². The van der Waals surface area contributed by atoms with Gasteiger partial charge in [0.2, 0.25) is 11.0 Å². The maximum absolute atomic E-state index is 12.1. The second-order valence-electron chi connectivity index (χ2n) is 7.03. The van der Waals surface area contributed by atoms with Gasteiger partial charge in [-0.25, -0.2) is 0 Å². The Morgan fingerprint density at radius 2 is 1.88 bits per heavy atom. The first-order valence-corrected chi connectivity index (χ1v) is 9.83. The molecule has 6 heteroatoms. The maximum Gasteiger partial charge on any atom is 0.226 e. The lowest BCUT2D eigenvalue weighted by Crippen LogP contribution is -2.13. The van der Waals surface area contributed by atoms with Gasteiger partial charge in [0.05, 0.1) is 0 Å². The van der Waals surface area contributed by atoms with Crippen LogP contribution >= 0.6 is 23.1 Å². The summed E-state index contributed by atoms with van der Waals surface area (Å²) in [5, 5.41) is 12.0. The summed E-state index contributed by atoms with van der Waals surface area (Å²) >= 11 is 3.08. The average molecular weight is 364 g/mol. The number of nitrogens with zero attached hydrogens (tertiary/aromatic N) is 2. The van der Waals surface area contributed by atoms with Gasteiger partial charge in [-0.3, -0.25) is 4.79 Å². The highest BCUT2D eigenvalue weighted by molar-refractivity contribution is 8.01. The number of hydrogen-bond donors (Lipinski definition) is 1. The molecule has 0 unspecified atom stereocenters. The number of aromatic nitrogens is 2. The number of aryl methyl sites for hydroxylation is 1. The number of carbonyl (C=O) groups excluding carboxylic acids is 1. The van der Waals surface area contributed by atoms with Gasteiger partial charge in [-0.05, 0) is 23.0 Å². The first-order chi connectivity index (χ1) is 11.2. The maximum atomic E-state index is 12.1. The lowest BCUT2D eigenvalue weighted by molar-refractivity contribution is -0.116. The van der Waals surface area contributed by atoms with Gasteiger partial charge in [0.1, 0.15) is 0 Å². The van der Waals surface area contributed by atoms with E-state index in [9.17, 15) is 4.79 Å². The van der Waals surface area contributed by atoms with Crippen LogP contribution in [0.15, 0.2) is 28.6 Å². The van der Waals surface area contributed by atoms with Gasteiger partial charge in [-0.1, -0.05) is 82.0 Å². The van der Waals surface area contributed by atoms with Crippen molar-refractivity contribution in [3.05, 3.63) is 35.4 Å². The third-order valence-corrected chi connectivity index (χ3v) is 5.38. The molecular weight excluding hydrogens is 338 g/mol. The van der Waals surface area contributed by atoms with E-state index in [0.29, 0.717) is 16.8 Å². The van der Waals surface area contributed by atoms with Crippen molar-refractivity contribution in [2.24, 2.45) is 0 Å². The Balaban J connectivity index is 1.83. The summed E-state index contributed by atoms with van der Waals surface area (Å²) in [5.41, 5.74) is 2.63. The smallest absolute Gasteiger partial charge is 0.226 e. The number of hydrogen-bond acceptors (Lipinski definition) is 5. The van der Waals surface area contributed by atoms with Crippen molar-refractivity contribution in [2.45, 2.75) is 62.5 Å². The fraction of sp³-hybridized carbons (Fsp3) is 0.500. The Morgan fingerprint density at radius 1 is 1.21 bits per heavy atom. The fourth-order valence-electron chi connectivity index (χ4n) is 2.12. The van der Waals surface area contributed by atoms with Crippen LogP contribution in [0.5, 0.6) is 0 Å². The molecule has 24 heavy (non-hydrogen) atoms. The van der Waals surface area contributed by atoms with Crippen LogP contribution in [0, 0.1) is 0 Å². The van der Waals surface area contributed by atoms with Crippen LogP contribution in [-0.2, 0) is 16.6 Å². The third kappa shape index (κ3) is 5.91. The summed E-state index contributed by atoms with van der Waals surface area (Å²) in [5.74, 6) is -0.0212. The second-order valence-corrected chi connectivity index (χ2v) is 9.84. The number of anilines is 1. The molecule has 0 aliphatic carbocycles. The van der Waals surface area contributed by atoms with Crippen LogP contribution in [-0.4, -0.2) is 21.4 Å². The molecule has 2 rings (SSSR count). The molecule has 0 radical (unpaired) electrons. The van der Waals surface area contributed by atoms with E-state index in [1.54, 1.807) is 11.8 Å². The van der Waals surface area contributed by atoms with Gasteiger partial charge >= 0.3 is 0 Å². The molecule has 2 aromatic rings. The monoisotopic (exact) mass is 363 g/mol. The van der Waals surface area contributed by atoms with E-state index in [4.69, 9.17) is 0 Å². The molecule has 4 nitrogen and oxygen atoms in total. The third-order valence-electron chi connectivity index (χ3n) is 3.45. The molecule has 0 saturated heterocycles. The summed E-state index contributed by atoms with van der Waals surface area (Å²) in [7, 11) is 0. The van der Waals surface area contributed by atoms with Gasteiger partial charge in [-0.15, -0.1) is 10.2 Å². The van der Waals surface area contributed by atoms with Crippen molar-refractivity contribution in [3.8, 4) is 0 Å². The lowest BCUT2D eigenvalue weighted by Gasteiger charge is -2.19. The summed E-state index contributed by atoms with van der Waals surface area (Å²) in [6, 6.07) is 8.51. The molecule has 0 saturated carbocycles. The summed E-state index contributed by atoms with van der Waals surface area (Å²) in [4.78, 5) is 12.1.